The Hall–Kier alpha value is -3.09. The van der Waals surface area contributed by atoms with Gasteiger partial charge in [0.2, 0.25) is 0 Å². The van der Waals surface area contributed by atoms with E-state index in [9.17, 15) is 9.59 Å². The molecule has 1 saturated heterocycles. The number of hydrogen-bond acceptors (Lipinski definition) is 3. The van der Waals surface area contributed by atoms with Crippen molar-refractivity contribution in [3.63, 3.8) is 0 Å². The topological polar surface area (TPSA) is 85.1 Å². The minimum absolute atomic E-state index is 0.00146. The van der Waals surface area contributed by atoms with Gasteiger partial charge in [0.15, 0.2) is 0 Å². The van der Waals surface area contributed by atoms with Crippen LogP contribution in [-0.4, -0.2) is 62.5 Å². The van der Waals surface area contributed by atoms with Crippen LogP contribution in [0.15, 0.2) is 30.5 Å². The number of nitrogens with one attached hydrogen (secondary N) is 2. The number of carbonyl (C=O) groups is 2. The van der Waals surface area contributed by atoms with Gasteiger partial charge < -0.3 is 14.8 Å². The molecule has 1 aliphatic rings. The molecule has 2 amide bonds. The predicted molar refractivity (Wildman–Crippen MR) is 103 cm³/mol. The lowest BCUT2D eigenvalue weighted by atomic mass is 10.1. The number of nitrogens with zero attached hydrogens (tertiary/aromatic N) is 3. The summed E-state index contributed by atoms with van der Waals surface area (Å²) in [6.45, 7) is 7.43. The summed E-state index contributed by atoms with van der Waals surface area (Å²) in [4.78, 5) is 32.6. The summed E-state index contributed by atoms with van der Waals surface area (Å²) < 4.78 is 0. The smallest absolute Gasteiger partial charge is 0.270 e. The zero-order valence-electron chi connectivity index (χ0n) is 15.7. The van der Waals surface area contributed by atoms with E-state index in [1.807, 2.05) is 54.8 Å². The first kappa shape index (κ1) is 17.3. The van der Waals surface area contributed by atoms with Gasteiger partial charge in [0, 0.05) is 42.3 Å². The van der Waals surface area contributed by atoms with E-state index in [0.717, 1.165) is 22.2 Å². The van der Waals surface area contributed by atoms with E-state index >= 15 is 0 Å². The summed E-state index contributed by atoms with van der Waals surface area (Å²) in [7, 11) is 0. The highest BCUT2D eigenvalue weighted by Crippen LogP contribution is 2.20. The molecule has 0 aliphatic carbocycles. The Labute approximate surface area is 157 Å². The number of aromatic amines is 2. The first-order valence-corrected chi connectivity index (χ1v) is 9.13. The van der Waals surface area contributed by atoms with Crippen LogP contribution in [0.4, 0.5) is 0 Å². The Morgan fingerprint density at radius 2 is 1.96 bits per heavy atom. The molecule has 1 atom stereocenters. The fourth-order valence-corrected chi connectivity index (χ4v) is 3.79. The van der Waals surface area contributed by atoms with Crippen LogP contribution in [0.3, 0.4) is 0 Å². The van der Waals surface area contributed by atoms with Crippen LogP contribution in [0.25, 0.3) is 10.9 Å². The van der Waals surface area contributed by atoms with Crippen LogP contribution >= 0.6 is 0 Å². The third-order valence-electron chi connectivity index (χ3n) is 5.23. The molecule has 1 aliphatic heterocycles. The van der Waals surface area contributed by atoms with Gasteiger partial charge in [-0.15, -0.1) is 0 Å². The van der Waals surface area contributed by atoms with Gasteiger partial charge in [0.05, 0.1) is 11.7 Å². The van der Waals surface area contributed by atoms with Crippen LogP contribution in [0, 0.1) is 13.8 Å². The number of piperazine rings is 1. The lowest BCUT2D eigenvalue weighted by Crippen LogP contribution is -2.55. The standard InChI is InChI=1S/C20H23N5O2/c1-12-8-13(2)22-18(12)20(27)24-6-7-25(14(3)11-24)19(26)15-4-5-16-10-21-23-17(16)9-15/h4-5,8-10,14,22H,6-7,11H2,1-3H3,(H,21,23)/t14-/m1/s1. The molecule has 0 spiro atoms. The highest BCUT2D eigenvalue weighted by atomic mass is 16.2. The largest absolute Gasteiger partial charge is 0.354 e. The Bertz CT molecular complexity index is 1020. The molecule has 27 heavy (non-hydrogen) atoms. The van der Waals surface area contributed by atoms with Crippen molar-refractivity contribution < 1.29 is 9.59 Å². The molecule has 4 rings (SSSR count). The molecule has 0 bridgehead atoms. The number of aromatic nitrogens is 3. The van der Waals surface area contributed by atoms with E-state index in [4.69, 9.17) is 0 Å². The molecule has 0 saturated carbocycles. The number of amides is 2. The SMILES string of the molecule is Cc1cc(C)c(C(=O)N2CCN(C(=O)c3ccc4cn[nH]c4c3)[C@H](C)C2)[nH]1. The highest BCUT2D eigenvalue weighted by molar-refractivity contribution is 5.98. The van der Waals surface area contributed by atoms with Crippen molar-refractivity contribution in [1.82, 2.24) is 25.0 Å². The fraction of sp³-hybridized carbons (Fsp3) is 0.350. The zero-order valence-corrected chi connectivity index (χ0v) is 15.7. The van der Waals surface area contributed by atoms with Gasteiger partial charge in [-0.3, -0.25) is 14.7 Å². The quantitative estimate of drug-likeness (QED) is 0.732. The van der Waals surface area contributed by atoms with Crippen LogP contribution in [0.1, 0.15) is 39.0 Å². The fourth-order valence-electron chi connectivity index (χ4n) is 3.79. The summed E-state index contributed by atoms with van der Waals surface area (Å²) in [5.74, 6) is -0.0172. The van der Waals surface area contributed by atoms with Crippen molar-refractivity contribution in [1.29, 1.82) is 0 Å². The van der Waals surface area contributed by atoms with E-state index < -0.39 is 0 Å². The molecule has 140 valence electrons. The van der Waals surface area contributed by atoms with Gasteiger partial charge in [0.25, 0.3) is 11.8 Å². The first-order chi connectivity index (χ1) is 12.9. The third kappa shape index (κ3) is 3.09. The van der Waals surface area contributed by atoms with Gasteiger partial charge in [-0.25, -0.2) is 0 Å². The van der Waals surface area contributed by atoms with Crippen LogP contribution in [0.5, 0.6) is 0 Å². The predicted octanol–water partition coefficient (Wildman–Crippen LogP) is 2.49. The molecule has 1 aromatic carbocycles. The van der Waals surface area contributed by atoms with Crippen molar-refractivity contribution in [2.75, 3.05) is 19.6 Å². The summed E-state index contributed by atoms with van der Waals surface area (Å²) in [6.07, 6.45) is 1.74. The third-order valence-corrected chi connectivity index (χ3v) is 5.23. The molecule has 2 N–H and O–H groups in total. The van der Waals surface area contributed by atoms with Crippen molar-refractivity contribution in [2.45, 2.75) is 26.8 Å². The monoisotopic (exact) mass is 365 g/mol. The number of rotatable bonds is 2. The number of H-pyrrole nitrogens is 2. The van der Waals surface area contributed by atoms with Gasteiger partial charge in [-0.1, -0.05) is 6.07 Å². The maximum absolute atomic E-state index is 13.0. The number of benzene rings is 1. The van der Waals surface area contributed by atoms with Crippen LogP contribution in [0.2, 0.25) is 0 Å². The Morgan fingerprint density at radius 3 is 2.67 bits per heavy atom. The molecule has 7 heteroatoms. The zero-order chi connectivity index (χ0) is 19.1. The summed E-state index contributed by atoms with van der Waals surface area (Å²) >= 11 is 0. The average Bonchev–Trinajstić information content (AvgIpc) is 3.25. The summed E-state index contributed by atoms with van der Waals surface area (Å²) in [5, 5.41) is 7.88. The van der Waals surface area contributed by atoms with Crippen molar-refractivity contribution in [3.05, 3.63) is 53.0 Å². The lowest BCUT2D eigenvalue weighted by molar-refractivity contribution is 0.0411. The molecular weight excluding hydrogens is 342 g/mol. The molecule has 7 nitrogen and oxygen atoms in total. The van der Waals surface area contributed by atoms with Gasteiger partial charge >= 0.3 is 0 Å². The minimum Gasteiger partial charge on any atom is -0.354 e. The van der Waals surface area contributed by atoms with E-state index in [2.05, 4.69) is 15.2 Å². The minimum atomic E-state index is -0.0518. The van der Waals surface area contributed by atoms with Crippen LogP contribution < -0.4 is 0 Å². The number of hydrogen-bond donors (Lipinski definition) is 2. The molecule has 0 radical (unpaired) electrons. The molecule has 3 aromatic rings. The molecule has 2 aromatic heterocycles. The van der Waals surface area contributed by atoms with E-state index in [0.29, 0.717) is 30.9 Å². The Morgan fingerprint density at radius 1 is 1.15 bits per heavy atom. The maximum Gasteiger partial charge on any atom is 0.270 e. The van der Waals surface area contributed by atoms with Gasteiger partial charge in [-0.2, -0.15) is 5.10 Å². The highest BCUT2D eigenvalue weighted by Gasteiger charge is 2.31. The lowest BCUT2D eigenvalue weighted by Gasteiger charge is -2.39. The normalized spacial score (nSPS) is 17.5. The van der Waals surface area contributed by atoms with Crippen molar-refractivity contribution >= 4 is 22.7 Å². The maximum atomic E-state index is 13.0. The second-order valence-electron chi connectivity index (χ2n) is 7.28. The first-order valence-electron chi connectivity index (χ1n) is 9.13. The molecule has 1 fully saturated rings. The second kappa shape index (κ2) is 6.57. The van der Waals surface area contributed by atoms with Crippen LogP contribution in [-0.2, 0) is 0 Å². The van der Waals surface area contributed by atoms with E-state index in [1.165, 1.54) is 0 Å². The average molecular weight is 365 g/mol. The Balaban J connectivity index is 1.48. The molecular formula is C20H23N5O2. The number of fused-ring (bicyclic) bond motifs is 1. The van der Waals surface area contributed by atoms with Gasteiger partial charge in [0.1, 0.15) is 5.69 Å². The van der Waals surface area contributed by atoms with E-state index in [-0.39, 0.29) is 17.9 Å². The summed E-state index contributed by atoms with van der Waals surface area (Å²) in [6, 6.07) is 7.48. The van der Waals surface area contributed by atoms with Crippen molar-refractivity contribution in [2.24, 2.45) is 0 Å². The molecule has 0 unspecified atom stereocenters. The molecule has 3 heterocycles. The number of aryl methyl sites for hydroxylation is 2. The van der Waals surface area contributed by atoms with E-state index in [1.54, 1.807) is 6.20 Å². The Kier molecular flexibility index (Phi) is 4.22. The second-order valence-corrected chi connectivity index (χ2v) is 7.28. The van der Waals surface area contributed by atoms with Gasteiger partial charge in [-0.05, 0) is 44.5 Å². The van der Waals surface area contributed by atoms with Crippen molar-refractivity contribution in [3.8, 4) is 0 Å². The summed E-state index contributed by atoms with van der Waals surface area (Å²) in [5.41, 5.74) is 4.06. The number of carbonyl (C=O) groups excluding carboxylic acids is 2.